The standard InChI is InChI=1S/C19H22N4O4/c1-11-9-20-6-7-22(11)10-12-2-3-13-14(8-12)19(27)23(18(13)26)15-4-5-16(24)21-17(15)25/h2-3,8,11,15,20H,4-7,9-10H2,1H3,(H,21,24,25). The van der Waals surface area contributed by atoms with Crippen LogP contribution >= 0.6 is 0 Å². The third kappa shape index (κ3) is 3.15. The fourth-order valence-electron chi connectivity index (χ4n) is 3.97. The SMILES string of the molecule is CC1CNCCN1Cc1ccc2c(c1)C(=O)N(C1CCC(=O)NC1=O)C2=O. The number of amides is 4. The summed E-state index contributed by atoms with van der Waals surface area (Å²) in [6, 6.07) is 4.77. The summed E-state index contributed by atoms with van der Waals surface area (Å²) in [6.07, 6.45) is 0.289. The quantitative estimate of drug-likeness (QED) is 0.720. The number of piperidine rings is 1. The van der Waals surface area contributed by atoms with E-state index in [2.05, 4.69) is 22.5 Å². The van der Waals surface area contributed by atoms with Crippen molar-refractivity contribution in [3.8, 4) is 0 Å². The summed E-state index contributed by atoms with van der Waals surface area (Å²) in [7, 11) is 0. The third-order valence-corrected chi connectivity index (χ3v) is 5.53. The first kappa shape index (κ1) is 17.8. The topological polar surface area (TPSA) is 98.8 Å². The molecule has 0 aliphatic carbocycles. The maximum Gasteiger partial charge on any atom is 0.262 e. The van der Waals surface area contributed by atoms with Crippen molar-refractivity contribution in [2.45, 2.75) is 38.4 Å². The molecule has 4 amide bonds. The van der Waals surface area contributed by atoms with E-state index in [1.54, 1.807) is 12.1 Å². The summed E-state index contributed by atoms with van der Waals surface area (Å²) in [5.41, 5.74) is 1.63. The largest absolute Gasteiger partial charge is 0.314 e. The number of piperazine rings is 1. The van der Waals surface area contributed by atoms with E-state index in [4.69, 9.17) is 0 Å². The van der Waals surface area contributed by atoms with Gasteiger partial charge in [0.05, 0.1) is 11.1 Å². The van der Waals surface area contributed by atoms with Gasteiger partial charge in [-0.2, -0.15) is 0 Å². The van der Waals surface area contributed by atoms with E-state index < -0.39 is 23.8 Å². The van der Waals surface area contributed by atoms with Gasteiger partial charge in [-0.25, -0.2) is 0 Å². The molecule has 8 heteroatoms. The maximum atomic E-state index is 12.9. The number of rotatable bonds is 3. The number of carbonyl (C=O) groups is 4. The van der Waals surface area contributed by atoms with Gasteiger partial charge < -0.3 is 5.32 Å². The van der Waals surface area contributed by atoms with E-state index in [1.165, 1.54) is 0 Å². The molecular weight excluding hydrogens is 348 g/mol. The van der Waals surface area contributed by atoms with Crippen LogP contribution in [0.5, 0.6) is 0 Å². The number of hydrogen-bond donors (Lipinski definition) is 2. The smallest absolute Gasteiger partial charge is 0.262 e. The van der Waals surface area contributed by atoms with Crippen molar-refractivity contribution in [1.82, 2.24) is 20.4 Å². The van der Waals surface area contributed by atoms with Crippen LogP contribution in [0.25, 0.3) is 0 Å². The van der Waals surface area contributed by atoms with Gasteiger partial charge in [0.1, 0.15) is 6.04 Å². The molecule has 8 nitrogen and oxygen atoms in total. The van der Waals surface area contributed by atoms with Crippen LogP contribution in [0.4, 0.5) is 0 Å². The molecule has 0 bridgehead atoms. The van der Waals surface area contributed by atoms with E-state index in [1.807, 2.05) is 6.07 Å². The molecular formula is C19H22N4O4. The van der Waals surface area contributed by atoms with Crippen LogP contribution in [-0.2, 0) is 16.1 Å². The van der Waals surface area contributed by atoms with Crippen LogP contribution in [0, 0.1) is 0 Å². The van der Waals surface area contributed by atoms with E-state index >= 15 is 0 Å². The fraction of sp³-hybridized carbons (Fsp3) is 0.474. The van der Waals surface area contributed by atoms with Gasteiger partial charge in [-0.05, 0) is 31.0 Å². The second-order valence-electron chi connectivity index (χ2n) is 7.35. The van der Waals surface area contributed by atoms with Crippen molar-refractivity contribution in [2.24, 2.45) is 0 Å². The van der Waals surface area contributed by atoms with Crippen molar-refractivity contribution in [3.63, 3.8) is 0 Å². The van der Waals surface area contributed by atoms with Gasteiger partial charge >= 0.3 is 0 Å². The second-order valence-corrected chi connectivity index (χ2v) is 7.35. The predicted molar refractivity (Wildman–Crippen MR) is 95.9 cm³/mol. The molecule has 3 heterocycles. The lowest BCUT2D eigenvalue weighted by atomic mass is 10.0. The Balaban J connectivity index is 1.56. The van der Waals surface area contributed by atoms with Crippen molar-refractivity contribution < 1.29 is 19.2 Å². The Bertz CT molecular complexity index is 837. The minimum atomic E-state index is -0.924. The molecule has 1 aromatic carbocycles. The first-order valence-corrected chi connectivity index (χ1v) is 9.25. The molecule has 4 rings (SSSR count). The monoisotopic (exact) mass is 370 g/mol. The lowest BCUT2D eigenvalue weighted by molar-refractivity contribution is -0.136. The highest BCUT2D eigenvalue weighted by molar-refractivity contribution is 6.23. The number of carbonyl (C=O) groups excluding carboxylic acids is 4. The Hall–Kier alpha value is -2.58. The third-order valence-electron chi connectivity index (χ3n) is 5.53. The van der Waals surface area contributed by atoms with Crippen LogP contribution in [0.15, 0.2) is 18.2 Å². The molecule has 2 unspecified atom stereocenters. The highest BCUT2D eigenvalue weighted by Crippen LogP contribution is 2.28. The minimum Gasteiger partial charge on any atom is -0.314 e. The van der Waals surface area contributed by atoms with Gasteiger partial charge in [-0.3, -0.25) is 34.3 Å². The Labute approximate surface area is 156 Å². The number of hydrogen-bond acceptors (Lipinski definition) is 6. The van der Waals surface area contributed by atoms with E-state index in [9.17, 15) is 19.2 Å². The molecule has 0 radical (unpaired) electrons. The molecule has 1 aromatic rings. The van der Waals surface area contributed by atoms with Crippen LogP contribution in [0.3, 0.4) is 0 Å². The first-order valence-electron chi connectivity index (χ1n) is 9.25. The second kappa shape index (κ2) is 6.86. The number of nitrogens with one attached hydrogen (secondary N) is 2. The van der Waals surface area contributed by atoms with Gasteiger partial charge in [0.2, 0.25) is 11.8 Å². The summed E-state index contributed by atoms with van der Waals surface area (Å²) in [6.45, 7) is 5.63. The van der Waals surface area contributed by atoms with Crippen LogP contribution in [-0.4, -0.2) is 65.1 Å². The first-order chi connectivity index (χ1) is 13.0. The van der Waals surface area contributed by atoms with Gasteiger partial charge in [0.25, 0.3) is 11.8 Å². The van der Waals surface area contributed by atoms with E-state index in [-0.39, 0.29) is 18.7 Å². The summed E-state index contributed by atoms with van der Waals surface area (Å²) in [4.78, 5) is 52.4. The molecule has 2 saturated heterocycles. The van der Waals surface area contributed by atoms with Crippen molar-refractivity contribution in [1.29, 1.82) is 0 Å². The number of benzene rings is 1. The Morgan fingerprint density at radius 2 is 1.89 bits per heavy atom. The summed E-state index contributed by atoms with van der Waals surface area (Å²) in [5, 5.41) is 5.55. The van der Waals surface area contributed by atoms with E-state index in [0.717, 1.165) is 30.1 Å². The minimum absolute atomic E-state index is 0.121. The molecule has 0 spiro atoms. The number of imide groups is 2. The fourth-order valence-corrected chi connectivity index (χ4v) is 3.97. The van der Waals surface area contributed by atoms with Crippen LogP contribution < -0.4 is 10.6 Å². The number of fused-ring (bicyclic) bond motifs is 1. The normalized spacial score (nSPS) is 26.3. The zero-order valence-corrected chi connectivity index (χ0v) is 15.2. The molecule has 0 saturated carbocycles. The summed E-state index contributed by atoms with van der Waals surface area (Å²) < 4.78 is 0. The van der Waals surface area contributed by atoms with Gasteiger partial charge in [0.15, 0.2) is 0 Å². The number of nitrogens with zero attached hydrogens (tertiary/aromatic N) is 2. The van der Waals surface area contributed by atoms with Crippen molar-refractivity contribution in [3.05, 3.63) is 34.9 Å². The molecule has 2 atom stereocenters. The molecule has 2 fully saturated rings. The molecule has 3 aliphatic rings. The highest BCUT2D eigenvalue weighted by atomic mass is 16.2. The summed E-state index contributed by atoms with van der Waals surface area (Å²) >= 11 is 0. The Kier molecular flexibility index (Phi) is 4.53. The predicted octanol–water partition coefficient (Wildman–Crippen LogP) is -0.118. The molecule has 3 aliphatic heterocycles. The van der Waals surface area contributed by atoms with Gasteiger partial charge in [-0.15, -0.1) is 0 Å². The summed E-state index contributed by atoms with van der Waals surface area (Å²) in [5.74, 6) is -1.89. The lowest BCUT2D eigenvalue weighted by Crippen LogP contribution is -2.54. The van der Waals surface area contributed by atoms with Crippen molar-refractivity contribution >= 4 is 23.6 Å². The van der Waals surface area contributed by atoms with Crippen molar-refractivity contribution in [2.75, 3.05) is 19.6 Å². The Morgan fingerprint density at radius 3 is 2.63 bits per heavy atom. The molecule has 27 heavy (non-hydrogen) atoms. The zero-order valence-electron chi connectivity index (χ0n) is 15.2. The average molecular weight is 370 g/mol. The zero-order chi connectivity index (χ0) is 19.1. The maximum absolute atomic E-state index is 12.9. The molecule has 0 aromatic heterocycles. The molecule has 142 valence electrons. The highest BCUT2D eigenvalue weighted by Gasteiger charge is 2.44. The van der Waals surface area contributed by atoms with Crippen LogP contribution in [0.2, 0.25) is 0 Å². The lowest BCUT2D eigenvalue weighted by Gasteiger charge is -2.33. The Morgan fingerprint density at radius 1 is 1.11 bits per heavy atom. The van der Waals surface area contributed by atoms with Crippen LogP contribution in [0.1, 0.15) is 46.0 Å². The van der Waals surface area contributed by atoms with Gasteiger partial charge in [0, 0.05) is 38.6 Å². The molecule has 2 N–H and O–H groups in total. The van der Waals surface area contributed by atoms with Gasteiger partial charge in [-0.1, -0.05) is 6.07 Å². The van der Waals surface area contributed by atoms with E-state index in [0.29, 0.717) is 23.7 Å². The average Bonchev–Trinajstić information content (AvgIpc) is 2.88.